The lowest BCUT2D eigenvalue weighted by Gasteiger charge is -2.15. The fraction of sp³-hybridized carbons (Fsp3) is 1.00. The maximum absolute atomic E-state index is 10.2. The van der Waals surface area contributed by atoms with Gasteiger partial charge in [-0.1, -0.05) is 0 Å². The van der Waals surface area contributed by atoms with E-state index in [0.717, 1.165) is 0 Å². The Morgan fingerprint density at radius 3 is 2.08 bits per heavy atom. The predicted molar refractivity (Wildman–Crippen MR) is 43.4 cm³/mol. The lowest BCUT2D eigenvalue weighted by atomic mass is 10.3. The second-order valence-electron chi connectivity index (χ2n) is 2.25. The van der Waals surface area contributed by atoms with Crippen molar-refractivity contribution in [2.75, 3.05) is 0 Å². The molecule has 2 N–H and O–H groups in total. The standard InChI is InChI=1S/C4H10O7S2/c1-3(10-12(5)6)4(2)11-13(7,8)9/h3-4H,1-2H3,(H,5,6)(H,7,8,9). The van der Waals surface area contributed by atoms with Crippen LogP contribution in [0.3, 0.4) is 0 Å². The first kappa shape index (κ1) is 12.9. The van der Waals surface area contributed by atoms with Crippen LogP contribution in [0.1, 0.15) is 13.8 Å². The van der Waals surface area contributed by atoms with Crippen molar-refractivity contribution in [2.45, 2.75) is 26.1 Å². The van der Waals surface area contributed by atoms with Gasteiger partial charge in [0.2, 0.25) is 0 Å². The smallest absolute Gasteiger partial charge is 0.284 e. The molecule has 80 valence electrons. The van der Waals surface area contributed by atoms with Crippen molar-refractivity contribution < 1.29 is 30.1 Å². The minimum Gasteiger partial charge on any atom is -0.284 e. The van der Waals surface area contributed by atoms with E-state index >= 15 is 0 Å². The Kier molecular flexibility index (Phi) is 4.96. The third-order valence-corrected chi connectivity index (χ3v) is 2.18. The minimum atomic E-state index is -4.56. The molecule has 0 heterocycles. The highest BCUT2D eigenvalue weighted by Gasteiger charge is 2.21. The Bertz CT molecular complexity index is 270. The van der Waals surface area contributed by atoms with Gasteiger partial charge in [0.1, 0.15) is 12.2 Å². The summed E-state index contributed by atoms with van der Waals surface area (Å²) in [5.41, 5.74) is 0. The Morgan fingerprint density at radius 2 is 1.77 bits per heavy atom. The number of hydrogen-bond donors (Lipinski definition) is 2. The maximum Gasteiger partial charge on any atom is 0.397 e. The molecule has 0 rings (SSSR count). The Hall–Kier alpha value is -0.0600. The molecule has 0 aromatic heterocycles. The van der Waals surface area contributed by atoms with Crippen LogP contribution in [0.4, 0.5) is 0 Å². The van der Waals surface area contributed by atoms with Crippen molar-refractivity contribution >= 4 is 21.8 Å². The average Bonchev–Trinajstić information content (AvgIpc) is 1.81. The van der Waals surface area contributed by atoms with Crippen LogP contribution in [-0.4, -0.2) is 33.9 Å². The predicted octanol–water partition coefficient (Wildman–Crippen LogP) is -0.264. The largest absolute Gasteiger partial charge is 0.397 e. The van der Waals surface area contributed by atoms with Crippen molar-refractivity contribution in [3.8, 4) is 0 Å². The highest BCUT2D eigenvalue weighted by Crippen LogP contribution is 2.06. The van der Waals surface area contributed by atoms with Crippen LogP contribution in [0, 0.1) is 0 Å². The average molecular weight is 234 g/mol. The first-order chi connectivity index (χ1) is 5.72. The zero-order valence-electron chi connectivity index (χ0n) is 6.91. The molecule has 0 aliphatic heterocycles. The summed E-state index contributed by atoms with van der Waals surface area (Å²) >= 11 is -2.50. The highest BCUT2D eigenvalue weighted by molar-refractivity contribution is 7.80. The van der Waals surface area contributed by atoms with Gasteiger partial charge < -0.3 is 0 Å². The van der Waals surface area contributed by atoms with E-state index in [9.17, 15) is 12.6 Å². The first-order valence-corrected chi connectivity index (χ1v) is 5.55. The van der Waals surface area contributed by atoms with Crippen LogP contribution in [0.15, 0.2) is 0 Å². The summed E-state index contributed by atoms with van der Waals surface area (Å²) < 4.78 is 55.3. The van der Waals surface area contributed by atoms with Gasteiger partial charge in [-0.15, -0.1) is 0 Å². The van der Waals surface area contributed by atoms with Gasteiger partial charge in [-0.05, 0) is 13.8 Å². The summed E-state index contributed by atoms with van der Waals surface area (Å²) in [6.45, 7) is 2.59. The van der Waals surface area contributed by atoms with Gasteiger partial charge in [-0.3, -0.25) is 13.3 Å². The van der Waals surface area contributed by atoms with E-state index in [1.54, 1.807) is 0 Å². The quantitative estimate of drug-likeness (QED) is 0.498. The van der Waals surface area contributed by atoms with Crippen molar-refractivity contribution in [1.82, 2.24) is 0 Å². The van der Waals surface area contributed by atoms with Crippen molar-refractivity contribution in [3.63, 3.8) is 0 Å². The van der Waals surface area contributed by atoms with Gasteiger partial charge >= 0.3 is 21.8 Å². The van der Waals surface area contributed by atoms with Crippen LogP contribution in [0.5, 0.6) is 0 Å². The molecule has 9 heteroatoms. The third kappa shape index (κ3) is 7.05. The van der Waals surface area contributed by atoms with Gasteiger partial charge in [0.25, 0.3) is 0 Å². The van der Waals surface area contributed by atoms with E-state index in [0.29, 0.717) is 0 Å². The van der Waals surface area contributed by atoms with Crippen LogP contribution in [0.2, 0.25) is 0 Å². The molecule has 0 aliphatic carbocycles. The summed E-state index contributed by atoms with van der Waals surface area (Å²) in [6, 6.07) is 0. The molecule has 7 nitrogen and oxygen atoms in total. The van der Waals surface area contributed by atoms with Gasteiger partial charge in [0.15, 0.2) is 0 Å². The fourth-order valence-electron chi connectivity index (χ4n) is 0.478. The van der Waals surface area contributed by atoms with Gasteiger partial charge in [-0.2, -0.15) is 12.6 Å². The van der Waals surface area contributed by atoms with Crippen LogP contribution >= 0.6 is 0 Å². The first-order valence-electron chi connectivity index (χ1n) is 3.16. The normalized spacial score (nSPS) is 19.4. The summed E-state index contributed by atoms with van der Waals surface area (Å²) in [6.07, 6.45) is -1.99. The summed E-state index contributed by atoms with van der Waals surface area (Å²) in [5.74, 6) is 0. The lowest BCUT2D eigenvalue weighted by Crippen LogP contribution is -2.29. The molecule has 0 aliphatic rings. The molecule has 0 bridgehead atoms. The molecule has 0 saturated carbocycles. The molecule has 3 atom stereocenters. The number of hydrogen-bond acceptors (Lipinski definition) is 5. The second-order valence-corrected chi connectivity index (χ2v) is 3.92. The fourth-order valence-corrected chi connectivity index (χ4v) is 1.43. The molecule has 0 aromatic rings. The number of rotatable bonds is 5. The summed E-state index contributed by atoms with van der Waals surface area (Å²) in [7, 11) is -4.56. The molecule has 3 unspecified atom stereocenters. The van der Waals surface area contributed by atoms with Crippen LogP contribution < -0.4 is 0 Å². The van der Waals surface area contributed by atoms with Crippen LogP contribution in [-0.2, 0) is 30.1 Å². The molecular weight excluding hydrogens is 224 g/mol. The molecule has 0 fully saturated rings. The van der Waals surface area contributed by atoms with Crippen molar-refractivity contribution in [2.24, 2.45) is 0 Å². The van der Waals surface area contributed by atoms with E-state index in [1.165, 1.54) is 13.8 Å². The third-order valence-electron chi connectivity index (χ3n) is 1.17. The molecule has 0 radical (unpaired) electrons. The maximum atomic E-state index is 10.2. The highest BCUT2D eigenvalue weighted by atomic mass is 32.3. The topological polar surface area (TPSA) is 110 Å². The second kappa shape index (κ2) is 4.98. The summed E-state index contributed by atoms with van der Waals surface area (Å²) in [4.78, 5) is 0. The van der Waals surface area contributed by atoms with E-state index in [2.05, 4.69) is 8.37 Å². The van der Waals surface area contributed by atoms with E-state index in [-0.39, 0.29) is 0 Å². The minimum absolute atomic E-state index is 0.937. The SMILES string of the molecule is CC(OS(=O)O)C(C)OS(=O)(=O)O. The van der Waals surface area contributed by atoms with Crippen molar-refractivity contribution in [1.29, 1.82) is 0 Å². The van der Waals surface area contributed by atoms with E-state index in [1.807, 2.05) is 0 Å². The lowest BCUT2D eigenvalue weighted by molar-refractivity contribution is 0.0758. The molecule has 0 aromatic carbocycles. The van der Waals surface area contributed by atoms with Crippen LogP contribution in [0.25, 0.3) is 0 Å². The van der Waals surface area contributed by atoms with Crippen molar-refractivity contribution in [3.05, 3.63) is 0 Å². The zero-order valence-corrected chi connectivity index (χ0v) is 8.54. The summed E-state index contributed by atoms with van der Waals surface area (Å²) in [5, 5.41) is 0. The van der Waals surface area contributed by atoms with E-state index in [4.69, 9.17) is 9.11 Å². The monoisotopic (exact) mass is 234 g/mol. The Morgan fingerprint density at radius 1 is 1.31 bits per heavy atom. The van der Waals surface area contributed by atoms with Gasteiger partial charge in [0.05, 0.1) is 0 Å². The molecule has 0 spiro atoms. The van der Waals surface area contributed by atoms with E-state index < -0.39 is 34.0 Å². The Labute approximate surface area is 78.5 Å². The Balaban J connectivity index is 4.11. The zero-order chi connectivity index (χ0) is 10.6. The molecule has 0 saturated heterocycles. The van der Waals surface area contributed by atoms with Gasteiger partial charge in [-0.25, -0.2) is 4.18 Å². The molecular formula is C4H10O7S2. The van der Waals surface area contributed by atoms with Gasteiger partial charge in [0, 0.05) is 0 Å². The molecule has 0 amide bonds. The molecule has 13 heavy (non-hydrogen) atoms.